The van der Waals surface area contributed by atoms with E-state index in [1.54, 1.807) is 6.92 Å². The number of alkyl halides is 1. The molecule has 0 amide bonds. The van der Waals surface area contributed by atoms with Gasteiger partial charge in [-0.05, 0) is 25.7 Å². The third kappa shape index (κ3) is 3.76. The van der Waals surface area contributed by atoms with E-state index >= 15 is 0 Å². The molecule has 1 aliphatic rings. The molecule has 0 unspecified atom stereocenters. The Bertz CT molecular complexity index is 202. The summed E-state index contributed by atoms with van der Waals surface area (Å²) in [5, 5.41) is 9.99. The molecular weight excluding hydrogens is 260 g/mol. The monoisotopic (exact) mass is 278 g/mol. The molecule has 0 saturated heterocycles. The van der Waals surface area contributed by atoms with E-state index in [2.05, 4.69) is 15.9 Å². The van der Waals surface area contributed by atoms with Gasteiger partial charge in [-0.3, -0.25) is 4.79 Å². The van der Waals surface area contributed by atoms with E-state index in [0.717, 1.165) is 25.7 Å². The van der Waals surface area contributed by atoms with E-state index in [4.69, 9.17) is 4.74 Å². The number of aliphatic hydroxyl groups is 1. The summed E-state index contributed by atoms with van der Waals surface area (Å²) in [6, 6.07) is 0. The number of ether oxygens (including phenoxy) is 1. The van der Waals surface area contributed by atoms with Crippen molar-refractivity contribution in [2.45, 2.75) is 50.0 Å². The van der Waals surface area contributed by atoms with Gasteiger partial charge in [0, 0.05) is 0 Å². The molecule has 1 aliphatic carbocycles. The molecular formula is C11H19BrO3. The van der Waals surface area contributed by atoms with Crippen LogP contribution in [0.15, 0.2) is 0 Å². The molecule has 3 nitrogen and oxygen atoms in total. The van der Waals surface area contributed by atoms with Crippen molar-refractivity contribution in [2.75, 3.05) is 6.61 Å². The Morgan fingerprint density at radius 3 is 2.60 bits per heavy atom. The van der Waals surface area contributed by atoms with Crippen LogP contribution < -0.4 is 0 Å². The molecule has 15 heavy (non-hydrogen) atoms. The molecule has 0 aromatic heterocycles. The van der Waals surface area contributed by atoms with Gasteiger partial charge < -0.3 is 9.84 Å². The van der Waals surface area contributed by atoms with Crippen molar-refractivity contribution in [1.82, 2.24) is 0 Å². The minimum atomic E-state index is -0.607. The minimum Gasteiger partial charge on any atom is -0.465 e. The molecule has 0 heterocycles. The van der Waals surface area contributed by atoms with E-state index in [1.807, 2.05) is 0 Å². The van der Waals surface area contributed by atoms with Crippen molar-refractivity contribution in [2.24, 2.45) is 5.92 Å². The maximum Gasteiger partial charge on any atom is 0.322 e. The molecule has 1 rings (SSSR count). The number of hydrogen-bond donors (Lipinski definition) is 1. The highest BCUT2D eigenvalue weighted by molar-refractivity contribution is 9.10. The summed E-state index contributed by atoms with van der Waals surface area (Å²) >= 11 is 3.22. The lowest BCUT2D eigenvalue weighted by atomic mass is 9.84. The van der Waals surface area contributed by atoms with Crippen LogP contribution in [-0.4, -0.2) is 28.6 Å². The minimum absolute atomic E-state index is 0.243. The third-order valence-corrected chi connectivity index (χ3v) is 3.86. The van der Waals surface area contributed by atoms with Crippen LogP contribution in [-0.2, 0) is 9.53 Å². The maximum absolute atomic E-state index is 11.4. The van der Waals surface area contributed by atoms with Crippen molar-refractivity contribution in [1.29, 1.82) is 0 Å². The van der Waals surface area contributed by atoms with Crippen LogP contribution >= 0.6 is 15.9 Å². The number of rotatable bonds is 4. The van der Waals surface area contributed by atoms with Crippen molar-refractivity contribution >= 4 is 21.9 Å². The summed E-state index contributed by atoms with van der Waals surface area (Å²) in [5.41, 5.74) is 0. The lowest BCUT2D eigenvalue weighted by Gasteiger charge is -2.28. The fourth-order valence-corrected chi connectivity index (χ4v) is 2.64. The van der Waals surface area contributed by atoms with Crippen LogP contribution in [0.2, 0.25) is 0 Å². The molecule has 0 aromatic carbocycles. The van der Waals surface area contributed by atoms with Gasteiger partial charge in [0.1, 0.15) is 4.83 Å². The van der Waals surface area contributed by atoms with Crippen molar-refractivity contribution in [3.63, 3.8) is 0 Å². The molecule has 4 heteroatoms. The Balaban J connectivity index is 2.43. The van der Waals surface area contributed by atoms with Gasteiger partial charge in [-0.25, -0.2) is 0 Å². The van der Waals surface area contributed by atoms with Crippen LogP contribution in [0.4, 0.5) is 0 Å². The van der Waals surface area contributed by atoms with Gasteiger partial charge in [0.15, 0.2) is 0 Å². The van der Waals surface area contributed by atoms with Gasteiger partial charge >= 0.3 is 5.97 Å². The Morgan fingerprint density at radius 2 is 2.07 bits per heavy atom. The highest BCUT2D eigenvalue weighted by Crippen LogP contribution is 2.29. The first-order valence-corrected chi connectivity index (χ1v) is 6.57. The number of hydrogen-bond acceptors (Lipinski definition) is 3. The number of carbonyl (C=O) groups excluding carboxylic acids is 1. The predicted octanol–water partition coefficient (Wildman–Crippen LogP) is 2.25. The summed E-state index contributed by atoms with van der Waals surface area (Å²) in [7, 11) is 0. The largest absolute Gasteiger partial charge is 0.465 e. The van der Waals surface area contributed by atoms with E-state index in [9.17, 15) is 9.90 Å². The van der Waals surface area contributed by atoms with Crippen LogP contribution in [0.25, 0.3) is 0 Å². The highest BCUT2D eigenvalue weighted by Gasteiger charge is 2.32. The first kappa shape index (κ1) is 13.0. The zero-order valence-corrected chi connectivity index (χ0v) is 10.7. The molecule has 0 aliphatic heterocycles. The second-order valence-corrected chi connectivity index (χ2v) is 5.03. The second-order valence-electron chi connectivity index (χ2n) is 4.04. The quantitative estimate of drug-likeness (QED) is 0.634. The van der Waals surface area contributed by atoms with E-state index < -0.39 is 10.9 Å². The Hall–Kier alpha value is -0.0900. The van der Waals surface area contributed by atoms with Crippen molar-refractivity contribution < 1.29 is 14.6 Å². The fourth-order valence-electron chi connectivity index (χ4n) is 2.08. The van der Waals surface area contributed by atoms with Gasteiger partial charge in [-0.15, -0.1) is 0 Å². The summed E-state index contributed by atoms with van der Waals surface area (Å²) in [5.74, 6) is -0.108. The smallest absolute Gasteiger partial charge is 0.322 e. The molecule has 88 valence electrons. The molecule has 1 N–H and O–H groups in total. The zero-order chi connectivity index (χ0) is 11.3. The summed E-state index contributed by atoms with van der Waals surface area (Å²) in [6.07, 6.45) is 4.99. The van der Waals surface area contributed by atoms with Crippen LogP contribution in [0.1, 0.15) is 39.0 Å². The topological polar surface area (TPSA) is 46.5 Å². The summed E-state index contributed by atoms with van der Waals surface area (Å²) < 4.78 is 4.87. The second kappa shape index (κ2) is 6.48. The maximum atomic E-state index is 11.4. The van der Waals surface area contributed by atoms with Crippen molar-refractivity contribution in [3.8, 4) is 0 Å². The Morgan fingerprint density at radius 1 is 1.47 bits per heavy atom. The lowest BCUT2D eigenvalue weighted by molar-refractivity contribution is -0.145. The fraction of sp³-hybridized carbons (Fsp3) is 0.909. The summed E-state index contributed by atoms with van der Waals surface area (Å²) in [6.45, 7) is 2.13. The molecule has 1 fully saturated rings. The standard InChI is InChI=1S/C11H19BrO3/c1-2-15-11(14)9(12)10(13)8-6-4-3-5-7-8/h8-10,13H,2-7H2,1H3/t9-,10-/m1/s1. The Labute approximate surface area is 99.3 Å². The number of carbonyl (C=O) groups is 1. The number of aliphatic hydroxyl groups excluding tert-OH is 1. The molecule has 2 atom stereocenters. The average Bonchev–Trinajstić information content (AvgIpc) is 2.28. The van der Waals surface area contributed by atoms with Crippen molar-refractivity contribution in [3.05, 3.63) is 0 Å². The van der Waals surface area contributed by atoms with E-state index in [0.29, 0.717) is 6.61 Å². The van der Waals surface area contributed by atoms with E-state index in [1.165, 1.54) is 6.42 Å². The Kier molecular flexibility index (Phi) is 5.61. The van der Waals surface area contributed by atoms with Crippen LogP contribution in [0, 0.1) is 5.92 Å². The first-order chi connectivity index (χ1) is 7.16. The SMILES string of the molecule is CCOC(=O)[C@H](Br)[C@H](O)C1CCCCC1. The van der Waals surface area contributed by atoms with Gasteiger partial charge in [0.25, 0.3) is 0 Å². The predicted molar refractivity (Wildman–Crippen MR) is 61.9 cm³/mol. The molecule has 0 spiro atoms. The van der Waals surface area contributed by atoms with E-state index in [-0.39, 0.29) is 11.9 Å². The third-order valence-electron chi connectivity index (χ3n) is 2.94. The van der Waals surface area contributed by atoms with Gasteiger partial charge in [-0.1, -0.05) is 35.2 Å². The lowest BCUT2D eigenvalue weighted by Crippen LogP contribution is -2.37. The molecule has 0 radical (unpaired) electrons. The number of esters is 1. The average molecular weight is 279 g/mol. The van der Waals surface area contributed by atoms with Gasteiger partial charge in [0.05, 0.1) is 12.7 Å². The summed E-state index contributed by atoms with van der Waals surface area (Å²) in [4.78, 5) is 10.8. The zero-order valence-electron chi connectivity index (χ0n) is 9.12. The van der Waals surface area contributed by atoms with Crippen LogP contribution in [0.3, 0.4) is 0 Å². The molecule has 0 bridgehead atoms. The molecule has 0 aromatic rings. The van der Waals surface area contributed by atoms with Gasteiger partial charge in [0.2, 0.25) is 0 Å². The van der Waals surface area contributed by atoms with Crippen LogP contribution in [0.5, 0.6) is 0 Å². The first-order valence-electron chi connectivity index (χ1n) is 5.65. The van der Waals surface area contributed by atoms with Gasteiger partial charge in [-0.2, -0.15) is 0 Å². The normalized spacial score (nSPS) is 22.1. The highest BCUT2D eigenvalue weighted by atomic mass is 79.9. The number of halogens is 1. The molecule has 1 saturated carbocycles.